The fraction of sp³-hybridized carbons (Fsp3) is 0.176. The van der Waals surface area contributed by atoms with Crippen LogP contribution < -0.4 is 5.32 Å². The summed E-state index contributed by atoms with van der Waals surface area (Å²) in [5.74, 6) is -0.502. The van der Waals surface area contributed by atoms with Gasteiger partial charge in [-0.1, -0.05) is 18.2 Å². The molecular formula is C17H15F2NO. The molecule has 0 amide bonds. The van der Waals surface area contributed by atoms with Crippen molar-refractivity contribution in [3.63, 3.8) is 0 Å². The molecule has 2 aromatic carbocycles. The van der Waals surface area contributed by atoms with Crippen LogP contribution >= 0.6 is 0 Å². The van der Waals surface area contributed by atoms with E-state index in [1.165, 1.54) is 12.1 Å². The minimum Gasteiger partial charge on any atom is -0.453 e. The third kappa shape index (κ3) is 2.43. The van der Waals surface area contributed by atoms with Gasteiger partial charge in [-0.25, -0.2) is 8.78 Å². The zero-order chi connectivity index (χ0) is 15.0. The number of nitrogens with one attached hydrogen (secondary N) is 1. The lowest BCUT2D eigenvalue weighted by Crippen LogP contribution is -2.12. The number of halogens is 2. The van der Waals surface area contributed by atoms with E-state index >= 15 is 0 Å². The fourth-order valence-electron chi connectivity index (χ4n) is 2.33. The summed E-state index contributed by atoms with van der Waals surface area (Å²) in [4.78, 5) is 0. The zero-order valence-corrected chi connectivity index (χ0v) is 11.8. The number of fused-ring (bicyclic) bond motifs is 1. The maximum atomic E-state index is 14.1. The van der Waals surface area contributed by atoms with Gasteiger partial charge in [0, 0.05) is 11.4 Å². The maximum Gasteiger partial charge on any atom is 0.170 e. The van der Waals surface area contributed by atoms with Crippen molar-refractivity contribution in [2.24, 2.45) is 0 Å². The highest BCUT2D eigenvalue weighted by molar-refractivity contribution is 5.83. The van der Waals surface area contributed by atoms with Crippen molar-refractivity contribution in [3.05, 3.63) is 59.7 Å². The molecule has 3 rings (SSSR count). The van der Waals surface area contributed by atoms with Crippen molar-refractivity contribution in [2.75, 3.05) is 7.05 Å². The Hall–Kier alpha value is -2.20. The highest BCUT2D eigenvalue weighted by Gasteiger charge is 2.15. The fourth-order valence-corrected chi connectivity index (χ4v) is 2.33. The van der Waals surface area contributed by atoms with E-state index < -0.39 is 5.82 Å². The molecule has 1 N–H and O–H groups in total. The van der Waals surface area contributed by atoms with Crippen molar-refractivity contribution in [2.45, 2.75) is 13.0 Å². The lowest BCUT2D eigenvalue weighted by Gasteiger charge is -2.11. The number of rotatable bonds is 3. The Bertz CT molecular complexity index is 795. The van der Waals surface area contributed by atoms with E-state index in [1.54, 1.807) is 30.3 Å². The van der Waals surface area contributed by atoms with Crippen molar-refractivity contribution < 1.29 is 13.2 Å². The van der Waals surface area contributed by atoms with Gasteiger partial charge in [-0.3, -0.25) is 0 Å². The Balaban J connectivity index is 2.15. The number of furan rings is 1. The average Bonchev–Trinajstić information content (AvgIpc) is 2.92. The molecule has 1 unspecified atom stereocenters. The summed E-state index contributed by atoms with van der Waals surface area (Å²) in [6.45, 7) is 1.98. The van der Waals surface area contributed by atoms with Crippen molar-refractivity contribution in [1.82, 2.24) is 5.32 Å². The number of hydrogen-bond acceptors (Lipinski definition) is 2. The first-order valence-electron chi connectivity index (χ1n) is 6.75. The predicted molar refractivity (Wildman–Crippen MR) is 79.0 cm³/mol. The Kier molecular flexibility index (Phi) is 3.47. The molecule has 0 saturated heterocycles. The van der Waals surface area contributed by atoms with Crippen LogP contribution in [0.1, 0.15) is 18.5 Å². The van der Waals surface area contributed by atoms with E-state index in [2.05, 4.69) is 5.32 Å². The van der Waals surface area contributed by atoms with Gasteiger partial charge in [0.25, 0.3) is 0 Å². The molecule has 3 aromatic rings. The molecule has 108 valence electrons. The molecule has 4 heteroatoms. The maximum absolute atomic E-state index is 14.1. The van der Waals surface area contributed by atoms with E-state index in [0.29, 0.717) is 16.7 Å². The summed E-state index contributed by atoms with van der Waals surface area (Å²) in [6, 6.07) is 11.3. The minimum atomic E-state index is -0.445. The standard InChI is InChI=1S/C17H15F2NO/c1-10(20-2)11-6-7-14(18)13(8-11)16-9-12-4-3-5-15(19)17(12)21-16/h3-10,20H,1-2H3. The summed E-state index contributed by atoms with van der Waals surface area (Å²) < 4.78 is 33.3. The first-order chi connectivity index (χ1) is 10.1. The van der Waals surface area contributed by atoms with Crippen LogP contribution in [0.2, 0.25) is 0 Å². The van der Waals surface area contributed by atoms with Crippen molar-refractivity contribution >= 4 is 11.0 Å². The second kappa shape index (κ2) is 5.30. The van der Waals surface area contributed by atoms with Gasteiger partial charge in [-0.15, -0.1) is 0 Å². The van der Waals surface area contributed by atoms with Crippen LogP contribution in [-0.2, 0) is 0 Å². The highest BCUT2D eigenvalue weighted by Crippen LogP contribution is 2.32. The van der Waals surface area contributed by atoms with E-state index in [4.69, 9.17) is 4.42 Å². The van der Waals surface area contributed by atoms with Gasteiger partial charge in [-0.2, -0.15) is 0 Å². The number of benzene rings is 2. The van der Waals surface area contributed by atoms with Crippen LogP contribution in [0.3, 0.4) is 0 Å². The minimum absolute atomic E-state index is 0.0884. The highest BCUT2D eigenvalue weighted by atomic mass is 19.1. The molecule has 1 atom stereocenters. The van der Waals surface area contributed by atoms with Crippen LogP contribution in [0.25, 0.3) is 22.3 Å². The third-order valence-corrected chi connectivity index (χ3v) is 3.68. The molecule has 2 nitrogen and oxygen atoms in total. The summed E-state index contributed by atoms with van der Waals surface area (Å²) in [5.41, 5.74) is 1.43. The molecule has 0 aliphatic heterocycles. The third-order valence-electron chi connectivity index (χ3n) is 3.68. The average molecular weight is 287 g/mol. The lowest BCUT2D eigenvalue weighted by molar-refractivity contribution is 0.561. The molecule has 0 aliphatic rings. The quantitative estimate of drug-likeness (QED) is 0.758. The Morgan fingerprint density at radius 3 is 2.57 bits per heavy atom. The monoisotopic (exact) mass is 287 g/mol. The Morgan fingerprint density at radius 2 is 1.86 bits per heavy atom. The van der Waals surface area contributed by atoms with Crippen LogP contribution in [0.5, 0.6) is 0 Å². The van der Waals surface area contributed by atoms with Crippen LogP contribution in [0.15, 0.2) is 46.9 Å². The smallest absolute Gasteiger partial charge is 0.170 e. The van der Waals surface area contributed by atoms with E-state index in [0.717, 1.165) is 5.56 Å². The molecule has 1 aromatic heterocycles. The molecule has 0 radical (unpaired) electrons. The Labute approximate surface area is 121 Å². The molecule has 1 heterocycles. The van der Waals surface area contributed by atoms with Crippen molar-refractivity contribution in [1.29, 1.82) is 0 Å². The second-order valence-corrected chi connectivity index (χ2v) is 5.02. The van der Waals surface area contributed by atoms with Crippen molar-refractivity contribution in [3.8, 4) is 11.3 Å². The zero-order valence-electron chi connectivity index (χ0n) is 11.8. The molecule has 0 spiro atoms. The van der Waals surface area contributed by atoms with Crippen LogP contribution in [-0.4, -0.2) is 7.05 Å². The van der Waals surface area contributed by atoms with E-state index in [9.17, 15) is 8.78 Å². The van der Waals surface area contributed by atoms with Crippen LogP contribution in [0.4, 0.5) is 8.78 Å². The molecule has 0 saturated carbocycles. The topological polar surface area (TPSA) is 25.2 Å². The van der Waals surface area contributed by atoms with Gasteiger partial charge in [-0.05, 0) is 43.8 Å². The summed E-state index contributed by atoms with van der Waals surface area (Å²) in [6.07, 6.45) is 0. The second-order valence-electron chi connectivity index (χ2n) is 5.02. The van der Waals surface area contributed by atoms with Gasteiger partial charge in [0.2, 0.25) is 0 Å². The van der Waals surface area contributed by atoms with Gasteiger partial charge in [0.05, 0.1) is 5.56 Å². The largest absolute Gasteiger partial charge is 0.453 e. The molecule has 0 aliphatic carbocycles. The van der Waals surface area contributed by atoms with E-state index in [-0.39, 0.29) is 17.4 Å². The summed E-state index contributed by atoms with van der Waals surface area (Å²) >= 11 is 0. The van der Waals surface area contributed by atoms with Crippen LogP contribution in [0, 0.1) is 11.6 Å². The van der Waals surface area contributed by atoms with E-state index in [1.807, 2.05) is 14.0 Å². The normalized spacial score (nSPS) is 12.8. The summed E-state index contributed by atoms with van der Waals surface area (Å²) in [7, 11) is 1.84. The SMILES string of the molecule is CNC(C)c1ccc(F)c(-c2cc3cccc(F)c3o2)c1. The number of para-hydroxylation sites is 1. The first-order valence-corrected chi connectivity index (χ1v) is 6.75. The predicted octanol–water partition coefficient (Wildman–Crippen LogP) is 4.66. The lowest BCUT2D eigenvalue weighted by atomic mass is 10.0. The van der Waals surface area contributed by atoms with Gasteiger partial charge in [0.1, 0.15) is 11.6 Å². The van der Waals surface area contributed by atoms with Gasteiger partial charge >= 0.3 is 0 Å². The molecule has 21 heavy (non-hydrogen) atoms. The number of hydrogen-bond donors (Lipinski definition) is 1. The first kappa shape index (κ1) is 13.8. The summed E-state index contributed by atoms with van der Waals surface area (Å²) in [5, 5.41) is 3.72. The molecule has 0 bridgehead atoms. The van der Waals surface area contributed by atoms with Gasteiger partial charge in [0.15, 0.2) is 11.4 Å². The van der Waals surface area contributed by atoms with Gasteiger partial charge < -0.3 is 9.73 Å². The Morgan fingerprint density at radius 1 is 1.05 bits per heavy atom. The molecule has 0 fully saturated rings. The molecular weight excluding hydrogens is 272 g/mol.